The van der Waals surface area contributed by atoms with Gasteiger partial charge in [0.1, 0.15) is 15.9 Å². The molecule has 3 rings (SSSR count). The van der Waals surface area contributed by atoms with E-state index in [0.717, 1.165) is 25.6 Å². The number of carbonyl (C=O) groups is 1. The van der Waals surface area contributed by atoms with Gasteiger partial charge in [-0.25, -0.2) is 9.97 Å². The minimum atomic E-state index is -0.508. The third-order valence-corrected chi connectivity index (χ3v) is 4.90. The fourth-order valence-electron chi connectivity index (χ4n) is 3.21. The SMILES string of the molecule is CC(C)(C)C(=O)N1CCC[C@@H](c2nc(Br)c3c(N)ncc(F)n23)C1. The maximum absolute atomic E-state index is 14.3. The molecule has 3 heterocycles. The summed E-state index contributed by atoms with van der Waals surface area (Å²) in [5.74, 6) is 0.357. The molecule has 2 N–H and O–H groups in total. The molecule has 1 atom stereocenters. The molecule has 0 spiro atoms. The average Bonchev–Trinajstić information content (AvgIpc) is 2.88. The number of nitrogen functional groups attached to an aromatic ring is 1. The largest absolute Gasteiger partial charge is 0.382 e. The van der Waals surface area contributed by atoms with E-state index in [-0.39, 0.29) is 17.6 Å². The molecule has 2 aromatic heterocycles. The molecule has 6 nitrogen and oxygen atoms in total. The number of carbonyl (C=O) groups excluding carboxylic acids is 1. The smallest absolute Gasteiger partial charge is 0.227 e. The lowest BCUT2D eigenvalue weighted by atomic mass is 9.91. The van der Waals surface area contributed by atoms with Crippen LogP contribution in [0.2, 0.25) is 0 Å². The lowest BCUT2D eigenvalue weighted by Gasteiger charge is -2.36. The Hall–Kier alpha value is -1.70. The van der Waals surface area contributed by atoms with Crippen molar-refractivity contribution < 1.29 is 9.18 Å². The molecule has 0 saturated carbocycles. The van der Waals surface area contributed by atoms with Crippen LogP contribution in [-0.4, -0.2) is 38.3 Å². The number of hydrogen-bond donors (Lipinski definition) is 1. The molecule has 1 aliphatic rings. The van der Waals surface area contributed by atoms with Crippen molar-refractivity contribution in [3.8, 4) is 0 Å². The van der Waals surface area contributed by atoms with E-state index in [9.17, 15) is 9.18 Å². The van der Waals surface area contributed by atoms with E-state index in [1.54, 1.807) is 0 Å². The average molecular weight is 398 g/mol. The molecule has 8 heteroatoms. The van der Waals surface area contributed by atoms with Crippen LogP contribution in [-0.2, 0) is 4.79 Å². The summed E-state index contributed by atoms with van der Waals surface area (Å²) < 4.78 is 16.2. The van der Waals surface area contributed by atoms with Crippen LogP contribution in [0.15, 0.2) is 10.8 Å². The van der Waals surface area contributed by atoms with Crippen molar-refractivity contribution in [2.75, 3.05) is 18.8 Å². The molecule has 1 fully saturated rings. The topological polar surface area (TPSA) is 76.5 Å². The minimum absolute atomic E-state index is 0.0415. The number of hydrogen-bond acceptors (Lipinski definition) is 4. The highest BCUT2D eigenvalue weighted by Crippen LogP contribution is 2.33. The Morgan fingerprint density at radius 3 is 2.83 bits per heavy atom. The summed E-state index contributed by atoms with van der Waals surface area (Å²) in [4.78, 5) is 22.7. The summed E-state index contributed by atoms with van der Waals surface area (Å²) in [6.07, 6.45) is 2.81. The van der Waals surface area contributed by atoms with Crippen LogP contribution in [0.4, 0.5) is 10.2 Å². The number of amides is 1. The van der Waals surface area contributed by atoms with Crippen molar-refractivity contribution in [3.63, 3.8) is 0 Å². The quantitative estimate of drug-likeness (QED) is 0.802. The monoisotopic (exact) mass is 397 g/mol. The molecule has 1 saturated heterocycles. The van der Waals surface area contributed by atoms with Gasteiger partial charge in [-0.15, -0.1) is 0 Å². The standard InChI is InChI=1S/C16H21BrFN5O/c1-16(2,3)15(24)22-6-4-5-9(8-22)14-21-12(17)11-13(19)20-7-10(18)23(11)14/h7,9H,4-6,8H2,1-3H3,(H2,19,20)/t9-/m1/s1. The van der Waals surface area contributed by atoms with Gasteiger partial charge in [0.25, 0.3) is 0 Å². The predicted octanol–water partition coefficient (Wildman–Crippen LogP) is 2.97. The molecule has 130 valence electrons. The maximum atomic E-state index is 14.3. The summed E-state index contributed by atoms with van der Waals surface area (Å²) in [6.45, 7) is 6.98. The van der Waals surface area contributed by atoms with Crippen LogP contribution in [0.1, 0.15) is 45.4 Å². The number of aromatic nitrogens is 3. The molecular weight excluding hydrogens is 377 g/mol. The second-order valence-electron chi connectivity index (χ2n) is 7.25. The maximum Gasteiger partial charge on any atom is 0.227 e. The number of fused-ring (bicyclic) bond motifs is 1. The lowest BCUT2D eigenvalue weighted by molar-refractivity contribution is -0.140. The molecule has 0 aliphatic carbocycles. The highest BCUT2D eigenvalue weighted by molar-refractivity contribution is 9.10. The Balaban J connectivity index is 1.99. The number of anilines is 1. The van der Waals surface area contributed by atoms with Gasteiger partial charge in [-0.1, -0.05) is 20.8 Å². The van der Waals surface area contributed by atoms with Gasteiger partial charge in [-0.3, -0.25) is 9.20 Å². The second-order valence-corrected chi connectivity index (χ2v) is 8.00. The Morgan fingerprint density at radius 2 is 2.17 bits per heavy atom. The van der Waals surface area contributed by atoms with Gasteiger partial charge in [0.05, 0.1) is 6.20 Å². The highest BCUT2D eigenvalue weighted by Gasteiger charge is 2.33. The van der Waals surface area contributed by atoms with Crippen LogP contribution in [0, 0.1) is 11.4 Å². The van der Waals surface area contributed by atoms with E-state index in [0.29, 0.717) is 22.5 Å². The summed E-state index contributed by atoms with van der Waals surface area (Å²) in [5, 5.41) is 0. The van der Waals surface area contributed by atoms with Crippen LogP contribution < -0.4 is 5.73 Å². The zero-order chi connectivity index (χ0) is 17.6. The van der Waals surface area contributed by atoms with E-state index in [2.05, 4.69) is 25.9 Å². The number of imidazole rings is 1. The lowest BCUT2D eigenvalue weighted by Crippen LogP contribution is -2.44. The first kappa shape index (κ1) is 17.1. The van der Waals surface area contributed by atoms with Gasteiger partial charge in [-0.05, 0) is 28.8 Å². The molecule has 0 bridgehead atoms. The molecule has 24 heavy (non-hydrogen) atoms. The molecule has 2 aromatic rings. The fraction of sp³-hybridized carbons (Fsp3) is 0.562. The number of halogens is 2. The zero-order valence-corrected chi connectivity index (χ0v) is 15.6. The Kier molecular flexibility index (Phi) is 4.27. The van der Waals surface area contributed by atoms with E-state index in [1.165, 1.54) is 4.40 Å². The Labute approximate surface area is 148 Å². The van der Waals surface area contributed by atoms with E-state index in [1.807, 2.05) is 25.7 Å². The van der Waals surface area contributed by atoms with Crippen LogP contribution in [0.25, 0.3) is 5.52 Å². The number of piperidine rings is 1. The van der Waals surface area contributed by atoms with Crippen molar-refractivity contribution in [2.45, 2.75) is 39.5 Å². The van der Waals surface area contributed by atoms with Crippen molar-refractivity contribution in [1.29, 1.82) is 0 Å². The third kappa shape index (κ3) is 2.87. The van der Waals surface area contributed by atoms with Gasteiger partial charge in [0, 0.05) is 24.4 Å². The predicted molar refractivity (Wildman–Crippen MR) is 93.1 cm³/mol. The zero-order valence-electron chi connectivity index (χ0n) is 14.0. The van der Waals surface area contributed by atoms with Gasteiger partial charge in [0.2, 0.25) is 11.9 Å². The molecule has 1 aliphatic heterocycles. The van der Waals surface area contributed by atoms with Gasteiger partial charge in [-0.2, -0.15) is 4.39 Å². The van der Waals surface area contributed by atoms with Crippen LogP contribution >= 0.6 is 15.9 Å². The van der Waals surface area contributed by atoms with E-state index in [4.69, 9.17) is 5.73 Å². The summed E-state index contributed by atoms with van der Waals surface area (Å²) in [6, 6.07) is 0. The van der Waals surface area contributed by atoms with E-state index >= 15 is 0 Å². The second kappa shape index (κ2) is 5.98. The Morgan fingerprint density at radius 1 is 1.46 bits per heavy atom. The van der Waals surface area contributed by atoms with Crippen molar-refractivity contribution in [3.05, 3.63) is 22.6 Å². The minimum Gasteiger partial charge on any atom is -0.382 e. The van der Waals surface area contributed by atoms with Crippen LogP contribution in [0.5, 0.6) is 0 Å². The first-order valence-corrected chi connectivity index (χ1v) is 8.76. The normalized spacial score (nSPS) is 19.0. The van der Waals surface area contributed by atoms with Crippen LogP contribution in [0.3, 0.4) is 0 Å². The fourth-order valence-corrected chi connectivity index (χ4v) is 3.77. The number of nitrogens with zero attached hydrogens (tertiary/aromatic N) is 4. The first-order valence-electron chi connectivity index (χ1n) is 7.97. The number of likely N-dealkylation sites (tertiary alicyclic amines) is 1. The number of nitrogens with two attached hydrogens (primary N) is 1. The van der Waals surface area contributed by atoms with Gasteiger partial charge in [0.15, 0.2) is 5.82 Å². The highest BCUT2D eigenvalue weighted by atomic mass is 79.9. The molecule has 1 amide bonds. The van der Waals surface area contributed by atoms with Gasteiger partial charge < -0.3 is 10.6 Å². The van der Waals surface area contributed by atoms with Crippen molar-refractivity contribution >= 4 is 33.2 Å². The summed E-state index contributed by atoms with van der Waals surface area (Å²) in [7, 11) is 0. The number of rotatable bonds is 1. The summed E-state index contributed by atoms with van der Waals surface area (Å²) >= 11 is 3.35. The van der Waals surface area contributed by atoms with Gasteiger partial charge >= 0.3 is 0 Å². The van der Waals surface area contributed by atoms with Crippen molar-refractivity contribution in [1.82, 2.24) is 19.3 Å². The first-order chi connectivity index (χ1) is 11.2. The van der Waals surface area contributed by atoms with E-state index < -0.39 is 11.4 Å². The molecule has 0 radical (unpaired) electrons. The molecular formula is C16H21BrFN5O. The summed E-state index contributed by atoms with van der Waals surface area (Å²) in [5.41, 5.74) is 5.87. The third-order valence-electron chi connectivity index (χ3n) is 4.34. The molecule has 0 unspecified atom stereocenters. The molecule has 0 aromatic carbocycles. The Bertz CT molecular complexity index is 798. The van der Waals surface area contributed by atoms with Crippen molar-refractivity contribution in [2.24, 2.45) is 5.41 Å².